The highest BCUT2D eigenvalue weighted by atomic mass is 15.1. The van der Waals surface area contributed by atoms with Crippen LogP contribution in [-0.4, -0.2) is 31.1 Å². The Balaban J connectivity index is 1.63. The summed E-state index contributed by atoms with van der Waals surface area (Å²) >= 11 is 0. The van der Waals surface area contributed by atoms with Crippen LogP contribution in [0.3, 0.4) is 0 Å². The first-order valence-corrected chi connectivity index (χ1v) is 8.62. The van der Waals surface area contributed by atoms with Crippen LogP contribution in [0.25, 0.3) is 0 Å². The average Bonchev–Trinajstić information content (AvgIpc) is 2.47. The molecule has 2 rings (SSSR count). The zero-order valence-corrected chi connectivity index (χ0v) is 14.0. The first-order valence-electron chi connectivity index (χ1n) is 8.62. The van der Waals surface area contributed by atoms with Crippen molar-refractivity contribution in [2.75, 3.05) is 20.1 Å². The minimum atomic E-state index is 0.734. The summed E-state index contributed by atoms with van der Waals surface area (Å²) in [4.78, 5) is 2.42. The quantitative estimate of drug-likeness (QED) is 0.765. The average molecular weight is 288 g/mol. The molecule has 1 aliphatic rings. The molecule has 2 nitrogen and oxygen atoms in total. The number of hydrogen-bond donors (Lipinski definition) is 1. The molecule has 2 heteroatoms. The Labute approximate surface area is 130 Å². The SMILES string of the molecule is CC1CCCC(C)C1NCCCN(C)Cc1ccccc1. The van der Waals surface area contributed by atoms with Crippen molar-refractivity contribution in [1.29, 1.82) is 0 Å². The lowest BCUT2D eigenvalue weighted by Crippen LogP contribution is -2.43. The zero-order chi connectivity index (χ0) is 15.1. The topological polar surface area (TPSA) is 15.3 Å². The van der Waals surface area contributed by atoms with Crippen molar-refractivity contribution in [3.8, 4) is 0 Å². The molecule has 0 aliphatic heterocycles. The Morgan fingerprint density at radius 1 is 1.10 bits per heavy atom. The van der Waals surface area contributed by atoms with Gasteiger partial charge in [0.2, 0.25) is 0 Å². The highest BCUT2D eigenvalue weighted by Crippen LogP contribution is 2.28. The highest BCUT2D eigenvalue weighted by Gasteiger charge is 2.26. The maximum Gasteiger partial charge on any atom is 0.0230 e. The van der Waals surface area contributed by atoms with Crippen molar-refractivity contribution < 1.29 is 0 Å². The molecule has 0 aromatic heterocycles. The van der Waals surface area contributed by atoms with Gasteiger partial charge in [-0.05, 0) is 56.8 Å². The maximum atomic E-state index is 3.81. The monoisotopic (exact) mass is 288 g/mol. The van der Waals surface area contributed by atoms with Crippen molar-refractivity contribution in [3.05, 3.63) is 35.9 Å². The molecule has 1 aromatic rings. The Bertz CT molecular complexity index is 380. The van der Waals surface area contributed by atoms with E-state index in [1.54, 1.807) is 0 Å². The Hall–Kier alpha value is -0.860. The van der Waals surface area contributed by atoms with Crippen molar-refractivity contribution in [1.82, 2.24) is 10.2 Å². The molecule has 1 fully saturated rings. The van der Waals surface area contributed by atoms with Crippen molar-refractivity contribution in [2.24, 2.45) is 11.8 Å². The number of nitrogens with one attached hydrogen (secondary N) is 1. The van der Waals surface area contributed by atoms with Crippen molar-refractivity contribution in [2.45, 2.75) is 52.1 Å². The molecule has 1 aliphatic carbocycles. The molecule has 0 spiro atoms. The molecular formula is C19H32N2. The summed E-state index contributed by atoms with van der Waals surface area (Å²) in [6.45, 7) is 8.19. The molecule has 1 N–H and O–H groups in total. The summed E-state index contributed by atoms with van der Waals surface area (Å²) in [5.74, 6) is 1.69. The molecule has 118 valence electrons. The third kappa shape index (κ3) is 5.44. The van der Waals surface area contributed by atoms with E-state index in [0.717, 1.165) is 37.5 Å². The lowest BCUT2D eigenvalue weighted by atomic mass is 9.79. The van der Waals surface area contributed by atoms with Crippen LogP contribution in [0.15, 0.2) is 30.3 Å². The Morgan fingerprint density at radius 2 is 1.76 bits per heavy atom. The van der Waals surface area contributed by atoms with E-state index < -0.39 is 0 Å². The van der Waals surface area contributed by atoms with Gasteiger partial charge in [-0.1, -0.05) is 50.6 Å². The van der Waals surface area contributed by atoms with E-state index >= 15 is 0 Å². The molecule has 2 unspecified atom stereocenters. The summed E-state index contributed by atoms with van der Waals surface area (Å²) in [6, 6.07) is 11.5. The number of hydrogen-bond acceptors (Lipinski definition) is 2. The summed E-state index contributed by atoms with van der Waals surface area (Å²) in [7, 11) is 2.22. The van der Waals surface area contributed by atoms with Crippen LogP contribution in [0.4, 0.5) is 0 Å². The van der Waals surface area contributed by atoms with Gasteiger partial charge < -0.3 is 10.2 Å². The first kappa shape index (κ1) is 16.5. The molecule has 0 radical (unpaired) electrons. The largest absolute Gasteiger partial charge is 0.313 e. The summed E-state index contributed by atoms with van der Waals surface area (Å²) in [6.07, 6.45) is 5.45. The number of benzene rings is 1. The Morgan fingerprint density at radius 3 is 2.43 bits per heavy atom. The standard InChI is InChI=1S/C19H32N2/c1-16-9-7-10-17(2)19(16)20-13-8-14-21(3)15-18-11-5-4-6-12-18/h4-6,11-12,16-17,19-20H,7-10,13-15H2,1-3H3. The van der Waals surface area contributed by atoms with E-state index in [0.29, 0.717) is 0 Å². The second-order valence-corrected chi connectivity index (χ2v) is 6.94. The molecule has 0 amide bonds. The molecule has 0 heterocycles. The minimum absolute atomic E-state index is 0.734. The van der Waals surface area contributed by atoms with Gasteiger partial charge in [0.25, 0.3) is 0 Å². The van der Waals surface area contributed by atoms with E-state index in [4.69, 9.17) is 0 Å². The molecular weight excluding hydrogens is 256 g/mol. The predicted molar refractivity (Wildman–Crippen MR) is 91.4 cm³/mol. The van der Waals surface area contributed by atoms with Crippen LogP contribution in [-0.2, 0) is 6.54 Å². The fourth-order valence-corrected chi connectivity index (χ4v) is 3.68. The maximum absolute atomic E-state index is 3.81. The fraction of sp³-hybridized carbons (Fsp3) is 0.684. The van der Waals surface area contributed by atoms with Gasteiger partial charge in [-0.25, -0.2) is 0 Å². The molecule has 2 atom stereocenters. The normalized spacial score (nSPS) is 26.2. The molecule has 1 aromatic carbocycles. The van der Waals surface area contributed by atoms with Gasteiger partial charge in [0, 0.05) is 12.6 Å². The summed E-state index contributed by atoms with van der Waals surface area (Å²) < 4.78 is 0. The third-order valence-corrected chi connectivity index (χ3v) is 4.94. The van der Waals surface area contributed by atoms with Gasteiger partial charge in [-0.2, -0.15) is 0 Å². The van der Waals surface area contributed by atoms with Gasteiger partial charge in [0.1, 0.15) is 0 Å². The van der Waals surface area contributed by atoms with Gasteiger partial charge >= 0.3 is 0 Å². The summed E-state index contributed by atoms with van der Waals surface area (Å²) in [5, 5.41) is 3.81. The lowest BCUT2D eigenvalue weighted by Gasteiger charge is -2.35. The molecule has 0 saturated heterocycles. The van der Waals surface area contributed by atoms with E-state index in [2.05, 4.69) is 61.4 Å². The second-order valence-electron chi connectivity index (χ2n) is 6.94. The zero-order valence-electron chi connectivity index (χ0n) is 14.0. The van der Waals surface area contributed by atoms with Gasteiger partial charge in [0.05, 0.1) is 0 Å². The van der Waals surface area contributed by atoms with Crippen LogP contribution in [0, 0.1) is 11.8 Å². The van der Waals surface area contributed by atoms with Crippen molar-refractivity contribution in [3.63, 3.8) is 0 Å². The van der Waals surface area contributed by atoms with Crippen molar-refractivity contribution >= 4 is 0 Å². The van der Waals surface area contributed by atoms with E-state index in [1.807, 2.05) is 0 Å². The second kappa shape index (κ2) is 8.55. The molecule has 1 saturated carbocycles. The van der Waals surface area contributed by atoms with Crippen LogP contribution >= 0.6 is 0 Å². The predicted octanol–water partition coefficient (Wildman–Crippen LogP) is 3.92. The van der Waals surface area contributed by atoms with Crippen LogP contribution in [0.5, 0.6) is 0 Å². The third-order valence-electron chi connectivity index (χ3n) is 4.94. The summed E-state index contributed by atoms with van der Waals surface area (Å²) in [5.41, 5.74) is 1.41. The van der Waals surface area contributed by atoms with E-state index in [1.165, 1.54) is 31.2 Å². The number of rotatable bonds is 7. The first-order chi connectivity index (χ1) is 10.2. The van der Waals surface area contributed by atoms with Crippen LogP contribution < -0.4 is 5.32 Å². The highest BCUT2D eigenvalue weighted by molar-refractivity contribution is 5.14. The van der Waals surface area contributed by atoms with E-state index in [-0.39, 0.29) is 0 Å². The minimum Gasteiger partial charge on any atom is -0.313 e. The van der Waals surface area contributed by atoms with Gasteiger partial charge in [0.15, 0.2) is 0 Å². The lowest BCUT2D eigenvalue weighted by molar-refractivity contribution is 0.205. The van der Waals surface area contributed by atoms with Crippen LogP contribution in [0.2, 0.25) is 0 Å². The smallest absolute Gasteiger partial charge is 0.0230 e. The number of nitrogens with zero attached hydrogens (tertiary/aromatic N) is 1. The molecule has 21 heavy (non-hydrogen) atoms. The van der Waals surface area contributed by atoms with Gasteiger partial charge in [-0.3, -0.25) is 0 Å². The van der Waals surface area contributed by atoms with Gasteiger partial charge in [-0.15, -0.1) is 0 Å². The molecule has 0 bridgehead atoms. The van der Waals surface area contributed by atoms with Crippen LogP contribution in [0.1, 0.15) is 45.1 Å². The fourth-order valence-electron chi connectivity index (χ4n) is 3.68. The Kier molecular flexibility index (Phi) is 6.72. The van der Waals surface area contributed by atoms with E-state index in [9.17, 15) is 0 Å².